The highest BCUT2D eigenvalue weighted by molar-refractivity contribution is 7.02. The van der Waals surface area contributed by atoms with Gasteiger partial charge in [0.15, 0.2) is 0 Å². The fourth-order valence-corrected chi connectivity index (χ4v) is 47.5. The van der Waals surface area contributed by atoms with Crippen LogP contribution in [0.4, 0.5) is 0 Å². The molecule has 404 valence electrons. The quantitative estimate of drug-likeness (QED) is 0.0566. The highest BCUT2D eigenvalue weighted by Gasteiger charge is 2.71. The van der Waals surface area contributed by atoms with Crippen molar-refractivity contribution in [1.82, 2.24) is 31.3 Å². The molecule has 0 aromatic carbocycles. The van der Waals surface area contributed by atoms with Crippen molar-refractivity contribution in [2.75, 3.05) is 78.5 Å². The smallest absolute Gasteiger partial charge is 0.279 e. The molecular weight excluding hydrogens is 915 g/mol. The van der Waals surface area contributed by atoms with Gasteiger partial charge in [0.05, 0.1) is 0 Å². The maximum Gasteiger partial charge on any atom is 0.279 e. The first-order valence-corrected chi connectivity index (χ1v) is 39.6. The number of hydrogen-bond donors (Lipinski definition) is 0. The largest absolute Gasteiger partial charge is 0.300 e. The number of hydrogen-bond acceptors (Lipinski definition) is 7. The van der Waals surface area contributed by atoms with E-state index in [1.54, 1.807) is 0 Å². The number of rotatable bonds is 39. The van der Waals surface area contributed by atoms with Crippen LogP contribution >= 0.6 is 0 Å². The van der Waals surface area contributed by atoms with E-state index >= 15 is 0 Å². The summed E-state index contributed by atoms with van der Waals surface area (Å²) in [5.74, 6) is 7.17. The predicted molar refractivity (Wildman–Crippen MR) is 325 cm³/mol. The van der Waals surface area contributed by atoms with Gasteiger partial charge < -0.3 is 0 Å². The van der Waals surface area contributed by atoms with E-state index in [0.717, 1.165) is 0 Å². The maximum atomic E-state index is 4.00. The summed E-state index contributed by atoms with van der Waals surface area (Å²) in [6.07, 6.45) is 0. The Morgan fingerprint density at radius 1 is 0.224 bits per heavy atom. The van der Waals surface area contributed by atoms with Crippen LogP contribution in [0.25, 0.3) is 0 Å². The van der Waals surface area contributed by atoms with Crippen LogP contribution in [0.15, 0.2) is 0 Å². The molecule has 0 N–H and O–H groups in total. The molecule has 0 aliphatic rings. The summed E-state index contributed by atoms with van der Waals surface area (Å²) in [7, 11) is -5.02. The van der Waals surface area contributed by atoms with E-state index in [-0.39, 0.29) is 0 Å². The van der Waals surface area contributed by atoms with Crippen LogP contribution in [0, 0.1) is 71.0 Å². The lowest BCUT2D eigenvalue weighted by atomic mass is 10.2. The Morgan fingerprint density at radius 2 is 0.328 bits per heavy atom. The van der Waals surface area contributed by atoms with E-state index in [4.69, 9.17) is 0 Å². The van der Waals surface area contributed by atoms with E-state index in [1.165, 1.54) is 146 Å². The van der Waals surface area contributed by atoms with Crippen LogP contribution < -0.4 is 0 Å². The molecule has 0 heterocycles. The van der Waals surface area contributed by atoms with Crippen molar-refractivity contribution >= 4 is 56.4 Å². The molecule has 0 aliphatic carbocycles. The minimum absolute atomic E-state index is 0.598. The summed E-state index contributed by atoms with van der Waals surface area (Å²) in [5, 5.41) is 0. The highest BCUT2D eigenvalue weighted by Crippen LogP contribution is 2.47. The predicted octanol–water partition coefficient (Wildman–Crippen LogP) is 10.1. The van der Waals surface area contributed by atoms with Gasteiger partial charge in [0.25, 0.3) is 25.7 Å². The van der Waals surface area contributed by atoms with Crippen molar-refractivity contribution in [3.63, 3.8) is 0 Å². The Hall–Kier alpha value is 1.02. The molecule has 0 rings (SSSR count). The molecular formula is C54H129N7Si6. The van der Waals surface area contributed by atoms with Crippen LogP contribution in [0.1, 0.15) is 166 Å². The average Bonchev–Trinajstić information content (AvgIpc) is 3.13. The second-order valence-corrected chi connectivity index (χ2v) is 42.7. The maximum absolute atomic E-state index is 4.00. The summed E-state index contributed by atoms with van der Waals surface area (Å²) in [5.41, 5.74) is 0. The zero-order chi connectivity index (χ0) is 52.2. The Kier molecular flexibility index (Phi) is 33.6. The third-order valence-electron chi connectivity index (χ3n) is 12.9. The topological polar surface area (TPSA) is 22.7 Å². The molecule has 0 aromatic rings. The fraction of sp³-hybridized carbons (Fsp3) is 1.00. The zero-order valence-corrected chi connectivity index (χ0v) is 60.3. The minimum Gasteiger partial charge on any atom is -0.300 e. The molecule has 0 aromatic heterocycles. The van der Waals surface area contributed by atoms with Gasteiger partial charge in [0.1, 0.15) is 0 Å². The molecule has 0 unspecified atom stereocenters. The molecule has 0 amide bonds. The van der Waals surface area contributed by atoms with Crippen LogP contribution in [0.3, 0.4) is 0 Å². The van der Waals surface area contributed by atoms with Gasteiger partial charge in [-0.1, -0.05) is 184 Å². The molecule has 0 saturated heterocycles. The molecule has 0 spiro atoms. The molecule has 13 heteroatoms. The van der Waals surface area contributed by atoms with Gasteiger partial charge in [-0.3, -0.25) is 31.3 Å². The molecule has 0 saturated carbocycles. The number of nitrogens with zero attached hydrogens (tertiary/aromatic N) is 7. The lowest BCUT2D eigenvalue weighted by Crippen LogP contribution is -2.97. The molecule has 0 bridgehead atoms. The van der Waals surface area contributed by atoms with Crippen LogP contribution in [-0.4, -0.2) is 166 Å². The fourth-order valence-electron chi connectivity index (χ4n) is 12.1. The van der Waals surface area contributed by atoms with E-state index in [1.807, 2.05) is 0 Å². The summed E-state index contributed by atoms with van der Waals surface area (Å²) in [4.78, 5) is 0. The molecule has 0 fully saturated rings. The van der Waals surface area contributed by atoms with Gasteiger partial charge in [0, 0.05) is 30.7 Å². The first-order chi connectivity index (χ1) is 30.9. The summed E-state index contributed by atoms with van der Waals surface area (Å²) in [6.45, 7) is 76.4. The minimum atomic E-state index is -2.92. The van der Waals surface area contributed by atoms with Crippen molar-refractivity contribution in [2.45, 2.75) is 202 Å². The van der Waals surface area contributed by atoms with Crippen molar-refractivity contribution in [2.24, 2.45) is 71.0 Å². The normalized spacial score (nSPS) is 14.4. The third kappa shape index (κ3) is 21.4. The second-order valence-electron chi connectivity index (χ2n) is 27.1. The Morgan fingerprint density at radius 3 is 0.403 bits per heavy atom. The molecule has 7 nitrogen and oxygen atoms in total. The van der Waals surface area contributed by atoms with Gasteiger partial charge in [0.2, 0.25) is 0 Å². The Balaban J connectivity index is 11.4. The molecule has 0 atom stereocenters. The van der Waals surface area contributed by atoms with Crippen LogP contribution in [0.2, 0.25) is 36.3 Å². The molecule has 67 heavy (non-hydrogen) atoms. The van der Waals surface area contributed by atoms with E-state index < -0.39 is 25.7 Å². The van der Waals surface area contributed by atoms with Crippen molar-refractivity contribution in [3.05, 3.63) is 0 Å². The monoisotopic (exact) mass is 1040 g/mol. The van der Waals surface area contributed by atoms with E-state index in [2.05, 4.69) is 197 Å². The summed E-state index contributed by atoms with van der Waals surface area (Å²) >= 11 is 0. The Bertz CT molecular complexity index is 967. The van der Waals surface area contributed by atoms with E-state index in [0.29, 0.717) is 71.0 Å². The standard InChI is InChI=1S/C54H129N7Si6/c1-43(2)31-55(32-44(3)4)65(28-25-62,56(33-45(5)6)34-46(7)8)61(66(29-26-63,57(35-47(9)10)36-48(11)12)58(37-49(13)14)38-50(15)16)67(30-27-64,59(39-51(17)18)40-52(19)20)60(41-53(21)22)42-54(23)24/h43-54H,25-42H2,1-24,62-64H3. The first kappa shape index (κ1) is 68.0. The Labute approximate surface area is 437 Å². The van der Waals surface area contributed by atoms with Gasteiger partial charge in [-0.25, -0.2) is 0 Å². The summed E-state index contributed by atoms with van der Waals surface area (Å²) in [6, 6.07) is 8.28. The van der Waals surface area contributed by atoms with Crippen molar-refractivity contribution < 1.29 is 0 Å². The van der Waals surface area contributed by atoms with Gasteiger partial charge in [-0.2, -0.15) is 0 Å². The van der Waals surface area contributed by atoms with Crippen LogP contribution in [-0.2, 0) is 0 Å². The lowest BCUT2D eigenvalue weighted by Gasteiger charge is -2.72. The second kappa shape index (κ2) is 33.0. The average molecular weight is 1050 g/mol. The molecule has 0 radical (unpaired) electrons. The highest BCUT2D eigenvalue weighted by atomic mass is 28.5. The van der Waals surface area contributed by atoms with Gasteiger partial charge in [-0.05, 0) is 168 Å². The van der Waals surface area contributed by atoms with Crippen molar-refractivity contribution in [3.8, 4) is 0 Å². The first-order valence-electron chi connectivity index (χ1n) is 29.2. The molecule has 0 aliphatic heterocycles. The summed E-state index contributed by atoms with van der Waals surface area (Å²) < 4.78 is 24.5. The van der Waals surface area contributed by atoms with Crippen LogP contribution in [0.5, 0.6) is 0 Å². The van der Waals surface area contributed by atoms with Crippen molar-refractivity contribution in [1.29, 1.82) is 0 Å². The SMILES string of the molecule is CC(C)CN(CC(C)C)[Si](CC[SiH3])(N(CC(C)C)CC(C)C)N([Si](CC[SiH3])(N(CC(C)C)CC(C)C)N(CC(C)C)CC(C)C)[Si](CC[SiH3])(N(CC(C)C)CC(C)C)N(CC(C)C)CC(C)C. The van der Waals surface area contributed by atoms with Gasteiger partial charge in [-0.15, -0.1) is 0 Å². The lowest BCUT2D eigenvalue weighted by molar-refractivity contribution is 0.170. The van der Waals surface area contributed by atoms with Gasteiger partial charge >= 0.3 is 0 Å². The van der Waals surface area contributed by atoms with E-state index in [9.17, 15) is 0 Å². The third-order valence-corrected chi connectivity index (χ3v) is 37.8. The zero-order valence-electron chi connectivity index (χ0n) is 51.3.